The third-order valence-electron chi connectivity index (χ3n) is 3.03. The summed E-state index contributed by atoms with van der Waals surface area (Å²) in [6, 6.07) is 4.05. The Kier molecular flexibility index (Phi) is 5.06. The van der Waals surface area contributed by atoms with Crippen molar-refractivity contribution in [1.29, 1.82) is 0 Å². The van der Waals surface area contributed by atoms with E-state index in [1.165, 1.54) is 5.56 Å². The number of alkyl halides is 1. The number of nitrogens with zero attached hydrogens (tertiary/aromatic N) is 1. The van der Waals surface area contributed by atoms with Crippen molar-refractivity contribution in [2.45, 2.75) is 38.8 Å². The summed E-state index contributed by atoms with van der Waals surface area (Å²) in [4.78, 5) is 4.00. The van der Waals surface area contributed by atoms with Crippen molar-refractivity contribution in [2.24, 2.45) is 0 Å². The Hall–Kier alpha value is -0.600. The van der Waals surface area contributed by atoms with E-state index in [1.54, 1.807) is 0 Å². The van der Waals surface area contributed by atoms with Crippen molar-refractivity contribution >= 4 is 11.6 Å². The summed E-state index contributed by atoms with van der Waals surface area (Å²) >= 11 is 6.02. The van der Waals surface area contributed by atoms with Crippen LogP contribution in [0, 0.1) is 0 Å². The SMILES string of the molecule is CCC(CC)(CCl)NCc1ccncc1. The van der Waals surface area contributed by atoms with Gasteiger partial charge in [0, 0.05) is 30.4 Å². The third kappa shape index (κ3) is 3.47. The Morgan fingerprint density at radius 3 is 2.33 bits per heavy atom. The fourth-order valence-electron chi connectivity index (χ4n) is 1.53. The van der Waals surface area contributed by atoms with Crippen LogP contribution in [0.4, 0.5) is 0 Å². The third-order valence-corrected chi connectivity index (χ3v) is 3.54. The van der Waals surface area contributed by atoms with E-state index in [1.807, 2.05) is 24.5 Å². The van der Waals surface area contributed by atoms with E-state index in [-0.39, 0.29) is 5.54 Å². The number of pyridine rings is 1. The van der Waals surface area contributed by atoms with Gasteiger partial charge in [0.25, 0.3) is 0 Å². The van der Waals surface area contributed by atoms with Gasteiger partial charge in [-0.3, -0.25) is 4.98 Å². The molecule has 0 amide bonds. The van der Waals surface area contributed by atoms with Crippen LogP contribution >= 0.6 is 11.6 Å². The van der Waals surface area contributed by atoms with Gasteiger partial charge in [-0.15, -0.1) is 11.6 Å². The van der Waals surface area contributed by atoms with E-state index in [0.29, 0.717) is 5.88 Å². The fraction of sp³-hybridized carbons (Fsp3) is 0.583. The van der Waals surface area contributed by atoms with E-state index >= 15 is 0 Å². The molecule has 1 aromatic rings. The van der Waals surface area contributed by atoms with Crippen molar-refractivity contribution in [3.8, 4) is 0 Å². The largest absolute Gasteiger partial charge is 0.306 e. The first-order valence-corrected chi connectivity index (χ1v) is 5.99. The molecule has 0 saturated heterocycles. The highest BCUT2D eigenvalue weighted by Gasteiger charge is 2.23. The molecule has 15 heavy (non-hydrogen) atoms. The lowest BCUT2D eigenvalue weighted by atomic mass is 9.95. The van der Waals surface area contributed by atoms with Crippen molar-refractivity contribution in [2.75, 3.05) is 5.88 Å². The predicted molar refractivity (Wildman–Crippen MR) is 65.1 cm³/mol. The second kappa shape index (κ2) is 6.09. The summed E-state index contributed by atoms with van der Waals surface area (Å²) in [6.45, 7) is 5.20. The quantitative estimate of drug-likeness (QED) is 0.755. The average Bonchev–Trinajstić information content (AvgIpc) is 2.33. The van der Waals surface area contributed by atoms with Crippen LogP contribution in [0.1, 0.15) is 32.3 Å². The molecule has 0 bridgehead atoms. The van der Waals surface area contributed by atoms with Gasteiger partial charge in [-0.1, -0.05) is 13.8 Å². The Bertz CT molecular complexity index is 262. The van der Waals surface area contributed by atoms with Crippen LogP contribution in [-0.4, -0.2) is 16.4 Å². The zero-order valence-electron chi connectivity index (χ0n) is 9.46. The van der Waals surface area contributed by atoms with E-state index < -0.39 is 0 Å². The van der Waals surface area contributed by atoms with E-state index in [9.17, 15) is 0 Å². The van der Waals surface area contributed by atoms with Gasteiger partial charge in [0.15, 0.2) is 0 Å². The molecule has 1 rings (SSSR count). The minimum absolute atomic E-state index is 0.0742. The van der Waals surface area contributed by atoms with Crippen LogP contribution in [-0.2, 0) is 6.54 Å². The number of rotatable bonds is 6. The average molecular weight is 227 g/mol. The van der Waals surface area contributed by atoms with Crippen molar-refractivity contribution in [1.82, 2.24) is 10.3 Å². The van der Waals surface area contributed by atoms with Gasteiger partial charge in [0.1, 0.15) is 0 Å². The van der Waals surface area contributed by atoms with E-state index in [0.717, 1.165) is 19.4 Å². The Balaban J connectivity index is 2.54. The summed E-state index contributed by atoms with van der Waals surface area (Å²) < 4.78 is 0. The monoisotopic (exact) mass is 226 g/mol. The number of nitrogens with one attached hydrogen (secondary N) is 1. The lowest BCUT2D eigenvalue weighted by Crippen LogP contribution is -2.45. The molecule has 1 aromatic heterocycles. The summed E-state index contributed by atoms with van der Waals surface area (Å²) in [6.07, 6.45) is 5.74. The summed E-state index contributed by atoms with van der Waals surface area (Å²) in [5.41, 5.74) is 1.33. The van der Waals surface area contributed by atoms with Crippen LogP contribution in [0.25, 0.3) is 0 Å². The smallest absolute Gasteiger partial charge is 0.0405 e. The lowest BCUT2D eigenvalue weighted by molar-refractivity contribution is 0.334. The van der Waals surface area contributed by atoms with E-state index in [2.05, 4.69) is 24.1 Å². The standard InChI is InChI=1S/C12H19ClN2/c1-3-12(4-2,10-13)15-9-11-5-7-14-8-6-11/h5-8,15H,3-4,9-10H2,1-2H3. The van der Waals surface area contributed by atoms with Crippen LogP contribution < -0.4 is 5.32 Å². The van der Waals surface area contributed by atoms with Crippen LogP contribution in [0.15, 0.2) is 24.5 Å². The molecule has 0 aliphatic carbocycles. The molecule has 0 atom stereocenters. The number of halogens is 1. The first kappa shape index (κ1) is 12.5. The first-order chi connectivity index (χ1) is 7.26. The molecule has 0 saturated carbocycles. The Morgan fingerprint density at radius 2 is 1.87 bits per heavy atom. The maximum Gasteiger partial charge on any atom is 0.0405 e. The van der Waals surface area contributed by atoms with Crippen LogP contribution in [0.2, 0.25) is 0 Å². The van der Waals surface area contributed by atoms with Crippen molar-refractivity contribution in [3.05, 3.63) is 30.1 Å². The van der Waals surface area contributed by atoms with Gasteiger partial charge in [-0.25, -0.2) is 0 Å². The number of aromatic nitrogens is 1. The highest BCUT2D eigenvalue weighted by atomic mass is 35.5. The molecular formula is C12H19ClN2. The van der Waals surface area contributed by atoms with E-state index in [4.69, 9.17) is 11.6 Å². The molecule has 0 aromatic carbocycles. The zero-order chi connectivity index (χ0) is 11.1. The molecule has 0 radical (unpaired) electrons. The summed E-state index contributed by atoms with van der Waals surface area (Å²) in [7, 11) is 0. The maximum atomic E-state index is 6.02. The van der Waals surface area contributed by atoms with Crippen LogP contribution in [0.3, 0.4) is 0 Å². The Morgan fingerprint density at radius 1 is 1.27 bits per heavy atom. The second-order valence-corrected chi connectivity index (χ2v) is 4.10. The molecule has 0 fully saturated rings. The minimum Gasteiger partial charge on any atom is -0.306 e. The van der Waals surface area contributed by atoms with Gasteiger partial charge in [0.2, 0.25) is 0 Å². The first-order valence-electron chi connectivity index (χ1n) is 5.46. The second-order valence-electron chi connectivity index (χ2n) is 3.83. The summed E-state index contributed by atoms with van der Waals surface area (Å²) in [5, 5.41) is 3.54. The van der Waals surface area contributed by atoms with Gasteiger partial charge in [-0.2, -0.15) is 0 Å². The highest BCUT2D eigenvalue weighted by molar-refractivity contribution is 6.18. The highest BCUT2D eigenvalue weighted by Crippen LogP contribution is 2.17. The molecular weight excluding hydrogens is 208 g/mol. The normalized spacial score (nSPS) is 11.7. The van der Waals surface area contributed by atoms with Gasteiger partial charge in [0.05, 0.1) is 0 Å². The van der Waals surface area contributed by atoms with Gasteiger partial charge >= 0.3 is 0 Å². The molecule has 1 heterocycles. The van der Waals surface area contributed by atoms with Crippen LogP contribution in [0.5, 0.6) is 0 Å². The Labute approximate surface area is 97.1 Å². The lowest BCUT2D eigenvalue weighted by Gasteiger charge is -2.30. The number of hydrogen-bond donors (Lipinski definition) is 1. The molecule has 84 valence electrons. The molecule has 0 spiro atoms. The van der Waals surface area contributed by atoms with Crippen molar-refractivity contribution in [3.63, 3.8) is 0 Å². The molecule has 3 heteroatoms. The van der Waals surface area contributed by atoms with Gasteiger partial charge in [-0.05, 0) is 30.5 Å². The maximum absolute atomic E-state index is 6.02. The fourth-order valence-corrected chi connectivity index (χ4v) is 2.00. The molecule has 0 aliphatic heterocycles. The molecule has 0 unspecified atom stereocenters. The van der Waals surface area contributed by atoms with Crippen molar-refractivity contribution < 1.29 is 0 Å². The summed E-state index contributed by atoms with van der Waals surface area (Å²) in [5.74, 6) is 0.658. The predicted octanol–water partition coefficient (Wildman–Crippen LogP) is 2.97. The molecule has 2 nitrogen and oxygen atoms in total. The van der Waals surface area contributed by atoms with Gasteiger partial charge < -0.3 is 5.32 Å². The zero-order valence-corrected chi connectivity index (χ0v) is 10.2. The topological polar surface area (TPSA) is 24.9 Å². The number of hydrogen-bond acceptors (Lipinski definition) is 2. The molecule has 0 aliphatic rings. The minimum atomic E-state index is 0.0742. The molecule has 1 N–H and O–H groups in total.